The van der Waals surface area contributed by atoms with E-state index in [1.165, 1.54) is 0 Å². The Morgan fingerprint density at radius 1 is 1.43 bits per heavy atom. The molecule has 1 aliphatic carbocycles. The minimum absolute atomic E-state index is 0.124. The lowest BCUT2D eigenvalue weighted by molar-refractivity contribution is 0.0433. The quantitative estimate of drug-likeness (QED) is 0.609. The van der Waals surface area contributed by atoms with Crippen LogP contribution in [-0.4, -0.2) is 44.2 Å². The first kappa shape index (κ1) is 11.9. The van der Waals surface area contributed by atoms with Crippen molar-refractivity contribution in [3.8, 4) is 0 Å². The first-order valence-electron chi connectivity index (χ1n) is 5.12. The van der Waals surface area contributed by atoms with Gasteiger partial charge in [0.2, 0.25) is 0 Å². The van der Waals surface area contributed by atoms with Gasteiger partial charge in [0, 0.05) is 12.3 Å². The second kappa shape index (κ2) is 5.09. The summed E-state index contributed by atoms with van der Waals surface area (Å²) < 4.78 is 22.2. The third kappa shape index (κ3) is 3.94. The smallest absolute Gasteiger partial charge is 0.151 e. The number of hydrogen-bond donors (Lipinski definition) is 2. The zero-order chi connectivity index (χ0) is 10.6. The van der Waals surface area contributed by atoms with Gasteiger partial charge in [0.15, 0.2) is 9.84 Å². The Morgan fingerprint density at radius 3 is 2.57 bits per heavy atom. The topological polar surface area (TPSA) is 66.4 Å². The number of hydrogen-bond acceptors (Lipinski definition) is 4. The molecule has 1 fully saturated rings. The van der Waals surface area contributed by atoms with Crippen LogP contribution in [0.25, 0.3) is 0 Å². The number of aliphatic hydroxyl groups is 1. The molecule has 1 aliphatic rings. The van der Waals surface area contributed by atoms with Crippen LogP contribution in [-0.2, 0) is 9.84 Å². The van der Waals surface area contributed by atoms with Crippen molar-refractivity contribution < 1.29 is 13.5 Å². The second-order valence-corrected chi connectivity index (χ2v) is 6.40. The number of nitrogens with one attached hydrogen (secondary N) is 1. The van der Waals surface area contributed by atoms with Gasteiger partial charge in [-0.2, -0.15) is 0 Å². The molecule has 14 heavy (non-hydrogen) atoms. The fraction of sp³-hybridized carbons (Fsp3) is 1.00. The average Bonchev–Trinajstić information content (AvgIpc) is 2.09. The fourth-order valence-corrected chi connectivity index (χ4v) is 2.29. The SMILES string of the molecule is CCS(=O)(=O)CCNCC1CC(O)C1. The van der Waals surface area contributed by atoms with Gasteiger partial charge >= 0.3 is 0 Å². The van der Waals surface area contributed by atoms with Crippen LogP contribution in [0.3, 0.4) is 0 Å². The van der Waals surface area contributed by atoms with Crippen molar-refractivity contribution >= 4 is 9.84 Å². The molecule has 0 radical (unpaired) electrons. The predicted molar refractivity (Wildman–Crippen MR) is 55.9 cm³/mol. The minimum Gasteiger partial charge on any atom is -0.393 e. The van der Waals surface area contributed by atoms with Gasteiger partial charge < -0.3 is 10.4 Å². The molecule has 0 aliphatic heterocycles. The van der Waals surface area contributed by atoms with Crippen LogP contribution in [0.2, 0.25) is 0 Å². The van der Waals surface area contributed by atoms with Crippen molar-refractivity contribution in [2.24, 2.45) is 5.92 Å². The first-order valence-corrected chi connectivity index (χ1v) is 6.95. The molecule has 0 aromatic rings. The van der Waals surface area contributed by atoms with Crippen LogP contribution in [0.5, 0.6) is 0 Å². The molecule has 0 aromatic heterocycles. The highest BCUT2D eigenvalue weighted by molar-refractivity contribution is 7.91. The van der Waals surface area contributed by atoms with E-state index in [1.54, 1.807) is 6.92 Å². The number of aliphatic hydroxyl groups excluding tert-OH is 1. The lowest BCUT2D eigenvalue weighted by atomic mass is 9.82. The summed E-state index contributed by atoms with van der Waals surface area (Å²) in [5.41, 5.74) is 0. The Kier molecular flexibility index (Phi) is 4.34. The van der Waals surface area contributed by atoms with E-state index in [0.29, 0.717) is 12.5 Å². The lowest BCUT2D eigenvalue weighted by Gasteiger charge is -2.31. The highest BCUT2D eigenvalue weighted by Gasteiger charge is 2.26. The van der Waals surface area contributed by atoms with Gasteiger partial charge in [0.25, 0.3) is 0 Å². The van der Waals surface area contributed by atoms with E-state index in [0.717, 1.165) is 19.4 Å². The summed E-state index contributed by atoms with van der Waals surface area (Å²) in [5.74, 6) is 0.976. The Hall–Kier alpha value is -0.130. The van der Waals surface area contributed by atoms with Crippen LogP contribution >= 0.6 is 0 Å². The van der Waals surface area contributed by atoms with E-state index in [2.05, 4.69) is 5.32 Å². The molecule has 2 N–H and O–H groups in total. The van der Waals surface area contributed by atoms with Crippen molar-refractivity contribution in [3.63, 3.8) is 0 Å². The predicted octanol–water partition coefficient (Wildman–Crippen LogP) is -0.218. The van der Waals surface area contributed by atoms with E-state index < -0.39 is 9.84 Å². The monoisotopic (exact) mass is 221 g/mol. The first-order chi connectivity index (χ1) is 6.53. The van der Waals surface area contributed by atoms with Gasteiger partial charge in [-0.05, 0) is 25.3 Å². The summed E-state index contributed by atoms with van der Waals surface area (Å²) in [5, 5.41) is 12.1. The van der Waals surface area contributed by atoms with E-state index >= 15 is 0 Å². The molecule has 0 saturated heterocycles. The van der Waals surface area contributed by atoms with Crippen LogP contribution in [0, 0.1) is 5.92 Å². The summed E-state index contributed by atoms with van der Waals surface area (Å²) >= 11 is 0. The molecule has 0 unspecified atom stereocenters. The highest BCUT2D eigenvalue weighted by atomic mass is 32.2. The minimum atomic E-state index is -2.83. The van der Waals surface area contributed by atoms with E-state index in [9.17, 15) is 8.42 Å². The molecule has 4 nitrogen and oxygen atoms in total. The molecule has 84 valence electrons. The van der Waals surface area contributed by atoms with Crippen molar-refractivity contribution in [1.82, 2.24) is 5.32 Å². The molecule has 0 spiro atoms. The Labute approximate surface area is 85.6 Å². The second-order valence-electron chi connectivity index (χ2n) is 3.93. The summed E-state index contributed by atoms with van der Waals surface area (Å²) in [6, 6.07) is 0. The van der Waals surface area contributed by atoms with Crippen LogP contribution in [0.4, 0.5) is 0 Å². The maximum atomic E-state index is 11.1. The van der Waals surface area contributed by atoms with Crippen LogP contribution in [0.1, 0.15) is 19.8 Å². The summed E-state index contributed by atoms with van der Waals surface area (Å²) in [6.45, 7) is 3.02. The lowest BCUT2D eigenvalue weighted by Crippen LogP contribution is -2.37. The van der Waals surface area contributed by atoms with Gasteiger partial charge in [-0.25, -0.2) is 8.42 Å². The molecule has 1 saturated carbocycles. The summed E-state index contributed by atoms with van der Waals surface area (Å²) in [4.78, 5) is 0. The van der Waals surface area contributed by atoms with Gasteiger partial charge in [-0.1, -0.05) is 6.92 Å². The third-order valence-electron chi connectivity index (χ3n) is 2.67. The third-order valence-corrected chi connectivity index (χ3v) is 4.38. The maximum absolute atomic E-state index is 11.1. The van der Waals surface area contributed by atoms with Gasteiger partial charge in [0.1, 0.15) is 0 Å². The molecule has 0 bridgehead atoms. The van der Waals surface area contributed by atoms with E-state index in [1.807, 2.05) is 0 Å². The van der Waals surface area contributed by atoms with Crippen molar-refractivity contribution in [1.29, 1.82) is 0 Å². The average molecular weight is 221 g/mol. The van der Waals surface area contributed by atoms with E-state index in [-0.39, 0.29) is 17.6 Å². The van der Waals surface area contributed by atoms with E-state index in [4.69, 9.17) is 5.11 Å². The Balaban J connectivity index is 2.00. The van der Waals surface area contributed by atoms with Gasteiger partial charge in [-0.3, -0.25) is 0 Å². The summed E-state index contributed by atoms with van der Waals surface area (Å²) in [7, 11) is -2.83. The summed E-state index contributed by atoms with van der Waals surface area (Å²) in [6.07, 6.45) is 1.59. The molecular weight excluding hydrogens is 202 g/mol. The largest absolute Gasteiger partial charge is 0.393 e. The molecule has 1 rings (SSSR count). The Bertz CT molecular complexity index is 257. The van der Waals surface area contributed by atoms with Gasteiger partial charge in [0.05, 0.1) is 11.9 Å². The van der Waals surface area contributed by atoms with Crippen molar-refractivity contribution in [3.05, 3.63) is 0 Å². The zero-order valence-corrected chi connectivity index (χ0v) is 9.39. The molecule has 0 heterocycles. The number of rotatable bonds is 6. The standard InChI is InChI=1S/C9H19NO3S/c1-2-14(12,13)4-3-10-7-8-5-9(11)6-8/h8-11H,2-7H2,1H3. The zero-order valence-electron chi connectivity index (χ0n) is 8.57. The fourth-order valence-electron chi connectivity index (χ4n) is 1.55. The van der Waals surface area contributed by atoms with Crippen molar-refractivity contribution in [2.75, 3.05) is 24.6 Å². The van der Waals surface area contributed by atoms with Crippen molar-refractivity contribution in [2.45, 2.75) is 25.9 Å². The molecule has 0 aromatic carbocycles. The maximum Gasteiger partial charge on any atom is 0.151 e. The Morgan fingerprint density at radius 2 is 2.07 bits per heavy atom. The highest BCUT2D eigenvalue weighted by Crippen LogP contribution is 2.25. The number of sulfone groups is 1. The van der Waals surface area contributed by atoms with Crippen LogP contribution < -0.4 is 5.32 Å². The molecule has 0 atom stereocenters. The molecular formula is C9H19NO3S. The molecule has 0 amide bonds. The van der Waals surface area contributed by atoms with Crippen LogP contribution in [0.15, 0.2) is 0 Å². The van der Waals surface area contributed by atoms with Gasteiger partial charge in [-0.15, -0.1) is 0 Å². The normalized spacial score (nSPS) is 27.3. The molecule has 5 heteroatoms.